The van der Waals surface area contributed by atoms with Crippen LogP contribution in [0.2, 0.25) is 0 Å². The first-order valence-corrected chi connectivity index (χ1v) is 8.00. The molecular weight excluding hydrogens is 335 g/mol. The summed E-state index contributed by atoms with van der Waals surface area (Å²) in [6.45, 7) is 4.86. The fourth-order valence-electron chi connectivity index (χ4n) is 2.71. The lowest BCUT2D eigenvalue weighted by Gasteiger charge is -2.24. The molecule has 0 aliphatic carbocycles. The first-order chi connectivity index (χ1) is 11.6. The van der Waals surface area contributed by atoms with Crippen LogP contribution in [0.3, 0.4) is 0 Å². The second kappa shape index (κ2) is 7.34. The number of alkyl halides is 1. The molecule has 1 amide bonds. The zero-order chi connectivity index (χ0) is 18.8. The molecule has 1 aliphatic rings. The Hall–Kier alpha value is -2.23. The van der Waals surface area contributed by atoms with Gasteiger partial charge in [0.15, 0.2) is 0 Å². The van der Waals surface area contributed by atoms with E-state index in [2.05, 4.69) is 10.4 Å². The second-order valence-electron chi connectivity index (χ2n) is 6.96. The van der Waals surface area contributed by atoms with Crippen LogP contribution in [0.5, 0.6) is 0 Å². The predicted molar refractivity (Wildman–Crippen MR) is 85.8 cm³/mol. The molecule has 0 spiro atoms. The normalized spacial score (nSPS) is 24.4. The van der Waals surface area contributed by atoms with Crippen molar-refractivity contribution in [2.45, 2.75) is 57.5 Å². The molecule has 0 radical (unpaired) electrons. The lowest BCUT2D eigenvalue weighted by atomic mass is 10.0. The standard InChI is InChI=1S/C15H23FN4O5/c1-15(2,3)25-14(21)18-10-5-6-12(24-8-9(10)16)13-11(20(22)23)7-17-19(13)4/h7,9-10,12H,5-6,8H2,1-4H3,(H,18,21)/t9-,10+,12?/m1/s1. The largest absolute Gasteiger partial charge is 0.444 e. The maximum absolute atomic E-state index is 14.3. The molecule has 1 fully saturated rings. The highest BCUT2D eigenvalue weighted by Gasteiger charge is 2.35. The van der Waals surface area contributed by atoms with Crippen LogP contribution >= 0.6 is 0 Å². The molecule has 1 saturated heterocycles. The van der Waals surface area contributed by atoms with Crippen LogP contribution in [0.15, 0.2) is 6.20 Å². The summed E-state index contributed by atoms with van der Waals surface area (Å²) in [6, 6.07) is -0.785. The van der Waals surface area contributed by atoms with Gasteiger partial charge >= 0.3 is 11.8 Å². The number of alkyl carbamates (subject to hydrolysis) is 1. The molecule has 140 valence electrons. The predicted octanol–water partition coefficient (Wildman–Crippen LogP) is 2.41. The molecule has 1 N–H and O–H groups in total. The first kappa shape index (κ1) is 19.1. The Labute approximate surface area is 144 Å². The van der Waals surface area contributed by atoms with Crippen molar-refractivity contribution < 1.29 is 23.6 Å². The summed E-state index contributed by atoms with van der Waals surface area (Å²) in [5.41, 5.74) is -0.564. The van der Waals surface area contributed by atoms with Gasteiger partial charge in [0.2, 0.25) is 0 Å². The van der Waals surface area contributed by atoms with Crippen molar-refractivity contribution in [2.24, 2.45) is 7.05 Å². The molecule has 2 rings (SSSR count). The van der Waals surface area contributed by atoms with Crippen molar-refractivity contribution in [3.63, 3.8) is 0 Å². The van der Waals surface area contributed by atoms with Crippen LogP contribution in [0.1, 0.15) is 45.4 Å². The molecule has 3 atom stereocenters. The highest BCUT2D eigenvalue weighted by molar-refractivity contribution is 5.68. The maximum atomic E-state index is 14.3. The van der Waals surface area contributed by atoms with Gasteiger partial charge in [0.25, 0.3) is 0 Å². The van der Waals surface area contributed by atoms with Crippen molar-refractivity contribution in [1.82, 2.24) is 15.1 Å². The SMILES string of the molecule is Cn1ncc([N+](=O)[O-])c1C1CC[C@H](NC(=O)OC(C)(C)C)[C@H](F)CO1. The van der Waals surface area contributed by atoms with Crippen LogP contribution in [-0.4, -0.2) is 45.2 Å². The number of nitrogens with one attached hydrogen (secondary N) is 1. The third kappa shape index (κ3) is 4.88. The van der Waals surface area contributed by atoms with Crippen molar-refractivity contribution in [2.75, 3.05) is 6.61 Å². The molecule has 1 aromatic rings. The highest BCUT2D eigenvalue weighted by Crippen LogP contribution is 2.33. The van der Waals surface area contributed by atoms with E-state index in [4.69, 9.17) is 9.47 Å². The van der Waals surface area contributed by atoms with E-state index in [1.165, 1.54) is 4.68 Å². The first-order valence-electron chi connectivity index (χ1n) is 8.00. The lowest BCUT2D eigenvalue weighted by Crippen LogP contribution is -2.44. The van der Waals surface area contributed by atoms with Gasteiger partial charge in [-0.3, -0.25) is 14.8 Å². The fraction of sp³-hybridized carbons (Fsp3) is 0.733. The molecule has 2 heterocycles. The van der Waals surface area contributed by atoms with E-state index in [-0.39, 0.29) is 24.4 Å². The van der Waals surface area contributed by atoms with E-state index in [0.717, 1.165) is 6.20 Å². The fourth-order valence-corrected chi connectivity index (χ4v) is 2.71. The van der Waals surface area contributed by atoms with Gasteiger partial charge in [0.05, 0.1) is 17.6 Å². The third-order valence-corrected chi connectivity index (χ3v) is 3.80. The van der Waals surface area contributed by atoms with Crippen molar-refractivity contribution >= 4 is 11.8 Å². The number of nitro groups is 1. The molecule has 1 aromatic heterocycles. The Morgan fingerprint density at radius 3 is 2.80 bits per heavy atom. The molecule has 0 saturated carbocycles. The Bertz CT molecular complexity index is 642. The molecule has 9 nitrogen and oxygen atoms in total. The Morgan fingerprint density at radius 2 is 2.20 bits per heavy atom. The number of rotatable bonds is 3. The maximum Gasteiger partial charge on any atom is 0.407 e. The summed E-state index contributed by atoms with van der Waals surface area (Å²) in [5.74, 6) is 0. The number of halogens is 1. The summed E-state index contributed by atoms with van der Waals surface area (Å²) in [4.78, 5) is 22.4. The van der Waals surface area contributed by atoms with E-state index in [1.807, 2.05) is 0 Å². The quantitative estimate of drug-likeness (QED) is 0.656. The Morgan fingerprint density at radius 1 is 1.52 bits per heavy atom. The van der Waals surface area contributed by atoms with Crippen molar-refractivity contribution in [3.05, 3.63) is 22.0 Å². The molecule has 10 heteroatoms. The van der Waals surface area contributed by atoms with E-state index in [0.29, 0.717) is 6.42 Å². The Balaban J connectivity index is 2.07. The zero-order valence-electron chi connectivity index (χ0n) is 14.7. The number of carbonyl (C=O) groups is 1. The summed E-state index contributed by atoms with van der Waals surface area (Å²) in [5, 5.41) is 17.5. The van der Waals surface area contributed by atoms with E-state index < -0.39 is 34.9 Å². The number of aromatic nitrogens is 2. The van der Waals surface area contributed by atoms with Crippen LogP contribution in [-0.2, 0) is 16.5 Å². The van der Waals surface area contributed by atoms with Gasteiger partial charge < -0.3 is 14.8 Å². The average molecular weight is 358 g/mol. The van der Waals surface area contributed by atoms with Gasteiger partial charge in [0.1, 0.15) is 29.8 Å². The smallest absolute Gasteiger partial charge is 0.407 e. The van der Waals surface area contributed by atoms with Crippen LogP contribution in [0.25, 0.3) is 0 Å². The minimum Gasteiger partial charge on any atom is -0.444 e. The topological polar surface area (TPSA) is 109 Å². The van der Waals surface area contributed by atoms with Crippen molar-refractivity contribution in [3.8, 4) is 0 Å². The van der Waals surface area contributed by atoms with Crippen LogP contribution in [0, 0.1) is 10.1 Å². The molecule has 1 aliphatic heterocycles. The number of hydrogen-bond donors (Lipinski definition) is 1. The van der Waals surface area contributed by atoms with E-state index >= 15 is 0 Å². The summed E-state index contributed by atoms with van der Waals surface area (Å²) >= 11 is 0. The monoisotopic (exact) mass is 358 g/mol. The van der Waals surface area contributed by atoms with Gasteiger partial charge in [-0.1, -0.05) is 0 Å². The minimum atomic E-state index is -1.44. The Kier molecular flexibility index (Phi) is 5.61. The number of nitrogens with zero attached hydrogens (tertiary/aromatic N) is 3. The van der Waals surface area contributed by atoms with Crippen LogP contribution in [0.4, 0.5) is 14.9 Å². The van der Waals surface area contributed by atoms with Gasteiger partial charge in [-0.2, -0.15) is 5.10 Å². The number of ether oxygens (including phenoxy) is 2. The second-order valence-corrected chi connectivity index (χ2v) is 6.96. The molecular formula is C15H23FN4O5. The van der Waals surface area contributed by atoms with Crippen molar-refractivity contribution in [1.29, 1.82) is 0 Å². The minimum absolute atomic E-state index is 0.165. The molecule has 1 unspecified atom stereocenters. The van der Waals surface area contributed by atoms with Gasteiger partial charge in [-0.15, -0.1) is 0 Å². The lowest BCUT2D eigenvalue weighted by molar-refractivity contribution is -0.386. The molecule has 0 bridgehead atoms. The van der Waals surface area contributed by atoms with Crippen LogP contribution < -0.4 is 5.32 Å². The highest BCUT2D eigenvalue weighted by atomic mass is 19.1. The summed E-state index contributed by atoms with van der Waals surface area (Å²) in [7, 11) is 1.57. The zero-order valence-corrected chi connectivity index (χ0v) is 14.7. The average Bonchev–Trinajstić information content (AvgIpc) is 2.77. The van der Waals surface area contributed by atoms with Gasteiger partial charge in [-0.25, -0.2) is 9.18 Å². The number of amides is 1. The summed E-state index contributed by atoms with van der Waals surface area (Å²) in [6.07, 6.45) is -1.10. The van der Waals surface area contributed by atoms with E-state index in [9.17, 15) is 19.3 Å². The van der Waals surface area contributed by atoms with E-state index in [1.54, 1.807) is 27.8 Å². The number of carbonyl (C=O) groups excluding carboxylic acids is 1. The number of aryl methyl sites for hydroxylation is 1. The third-order valence-electron chi connectivity index (χ3n) is 3.80. The summed E-state index contributed by atoms with van der Waals surface area (Å²) < 4.78 is 26.3. The van der Waals surface area contributed by atoms with Gasteiger partial charge in [-0.05, 0) is 33.6 Å². The van der Waals surface area contributed by atoms with Gasteiger partial charge in [0, 0.05) is 7.05 Å². The molecule has 0 aromatic carbocycles. The number of hydrogen-bond acceptors (Lipinski definition) is 6. The molecule has 25 heavy (non-hydrogen) atoms.